The van der Waals surface area contributed by atoms with Crippen LogP contribution >= 0.6 is 0 Å². The number of aromatic carboxylic acids is 1. The van der Waals surface area contributed by atoms with Gasteiger partial charge in [0, 0.05) is 18.3 Å². The predicted octanol–water partition coefficient (Wildman–Crippen LogP) is 2.91. The van der Waals surface area contributed by atoms with Crippen LogP contribution in [0.15, 0.2) is 53.6 Å². The third-order valence-corrected chi connectivity index (χ3v) is 3.72. The van der Waals surface area contributed by atoms with Crippen LogP contribution in [0, 0.1) is 5.82 Å². The zero-order valence-corrected chi connectivity index (χ0v) is 13.8. The van der Waals surface area contributed by atoms with Gasteiger partial charge in [0.05, 0.1) is 11.9 Å². The molecule has 3 aromatic rings. The topological polar surface area (TPSA) is 97.1 Å². The standard InChI is InChI=1S/C18H15FN4O3/c1-2-23-17(24)16(21-13-4-3-9-20-10-13)14(18(25)26)15(22-23)11-5-7-12(19)8-6-11/h3-10,21H,2H2,1H3,(H,25,26). The van der Waals surface area contributed by atoms with Gasteiger partial charge in [0.15, 0.2) is 0 Å². The summed E-state index contributed by atoms with van der Waals surface area (Å²) < 4.78 is 14.4. The lowest BCUT2D eigenvalue weighted by atomic mass is 10.0. The quantitative estimate of drug-likeness (QED) is 0.731. The van der Waals surface area contributed by atoms with E-state index in [0.717, 1.165) is 4.68 Å². The molecule has 0 saturated carbocycles. The monoisotopic (exact) mass is 354 g/mol. The number of aromatic nitrogens is 3. The van der Waals surface area contributed by atoms with Gasteiger partial charge < -0.3 is 10.4 Å². The maximum absolute atomic E-state index is 13.2. The normalized spacial score (nSPS) is 10.5. The number of anilines is 2. The van der Waals surface area contributed by atoms with Gasteiger partial charge in [-0.2, -0.15) is 5.10 Å². The maximum Gasteiger partial charge on any atom is 0.340 e. The first-order valence-electron chi connectivity index (χ1n) is 7.82. The van der Waals surface area contributed by atoms with Crippen LogP contribution < -0.4 is 10.9 Å². The summed E-state index contributed by atoms with van der Waals surface area (Å²) in [7, 11) is 0. The van der Waals surface area contributed by atoms with Crippen LogP contribution in [-0.4, -0.2) is 25.8 Å². The molecule has 2 N–H and O–H groups in total. The van der Waals surface area contributed by atoms with Crippen molar-refractivity contribution in [2.75, 3.05) is 5.32 Å². The van der Waals surface area contributed by atoms with E-state index in [2.05, 4.69) is 15.4 Å². The smallest absolute Gasteiger partial charge is 0.340 e. The minimum Gasteiger partial charge on any atom is -0.478 e. The third-order valence-electron chi connectivity index (χ3n) is 3.72. The molecule has 0 atom stereocenters. The Morgan fingerprint density at radius 1 is 1.27 bits per heavy atom. The average Bonchev–Trinajstić information content (AvgIpc) is 2.64. The fourth-order valence-corrected chi connectivity index (χ4v) is 2.50. The zero-order chi connectivity index (χ0) is 18.7. The van der Waals surface area contributed by atoms with Crippen molar-refractivity contribution in [3.63, 3.8) is 0 Å². The molecule has 8 heteroatoms. The fraction of sp³-hybridized carbons (Fsp3) is 0.111. The number of nitrogens with zero attached hydrogens (tertiary/aromatic N) is 3. The molecular weight excluding hydrogens is 339 g/mol. The van der Waals surface area contributed by atoms with E-state index in [1.54, 1.807) is 25.3 Å². The van der Waals surface area contributed by atoms with E-state index >= 15 is 0 Å². The van der Waals surface area contributed by atoms with Crippen molar-refractivity contribution >= 4 is 17.3 Å². The molecule has 0 unspecified atom stereocenters. The summed E-state index contributed by atoms with van der Waals surface area (Å²) in [4.78, 5) is 28.5. The first kappa shape index (κ1) is 17.3. The molecule has 2 aromatic heterocycles. The minimum absolute atomic E-state index is 0.0744. The van der Waals surface area contributed by atoms with Crippen molar-refractivity contribution in [3.05, 3.63) is 70.5 Å². The Labute approximate surface area is 147 Å². The van der Waals surface area contributed by atoms with E-state index < -0.39 is 17.3 Å². The van der Waals surface area contributed by atoms with Gasteiger partial charge in [-0.05, 0) is 43.3 Å². The molecule has 0 saturated heterocycles. The molecule has 2 heterocycles. The Kier molecular flexibility index (Phi) is 4.74. The van der Waals surface area contributed by atoms with Gasteiger partial charge in [-0.25, -0.2) is 13.9 Å². The van der Waals surface area contributed by atoms with Crippen molar-refractivity contribution in [2.45, 2.75) is 13.5 Å². The molecule has 0 aliphatic carbocycles. The Morgan fingerprint density at radius 3 is 2.58 bits per heavy atom. The van der Waals surface area contributed by atoms with Gasteiger partial charge in [-0.3, -0.25) is 9.78 Å². The second-order valence-corrected chi connectivity index (χ2v) is 5.40. The summed E-state index contributed by atoms with van der Waals surface area (Å²) in [6.07, 6.45) is 3.03. The summed E-state index contributed by atoms with van der Waals surface area (Å²) in [6.45, 7) is 1.96. The first-order chi connectivity index (χ1) is 12.5. The summed E-state index contributed by atoms with van der Waals surface area (Å²) in [6, 6.07) is 8.57. The number of benzene rings is 1. The lowest BCUT2D eigenvalue weighted by Gasteiger charge is -2.15. The number of aryl methyl sites for hydroxylation is 1. The van der Waals surface area contributed by atoms with Crippen molar-refractivity contribution in [2.24, 2.45) is 0 Å². The SMILES string of the molecule is CCn1nc(-c2ccc(F)cc2)c(C(=O)O)c(Nc2cccnc2)c1=O. The molecule has 0 fully saturated rings. The van der Waals surface area contributed by atoms with Crippen molar-refractivity contribution < 1.29 is 14.3 Å². The molecule has 0 aliphatic heterocycles. The first-order valence-corrected chi connectivity index (χ1v) is 7.82. The van der Waals surface area contributed by atoms with Crippen LogP contribution in [0.4, 0.5) is 15.8 Å². The van der Waals surface area contributed by atoms with E-state index in [-0.39, 0.29) is 23.5 Å². The molecule has 0 radical (unpaired) electrons. The maximum atomic E-state index is 13.2. The lowest BCUT2D eigenvalue weighted by molar-refractivity contribution is 0.0698. The molecule has 0 spiro atoms. The Bertz CT molecular complexity index is 1000. The number of carbonyl (C=O) groups is 1. The number of hydrogen-bond acceptors (Lipinski definition) is 5. The Hall–Kier alpha value is -3.55. The molecule has 0 bridgehead atoms. The van der Waals surface area contributed by atoms with E-state index in [1.165, 1.54) is 30.5 Å². The van der Waals surface area contributed by atoms with Gasteiger partial charge in [0.25, 0.3) is 5.56 Å². The average molecular weight is 354 g/mol. The highest BCUT2D eigenvalue weighted by Crippen LogP contribution is 2.27. The highest BCUT2D eigenvalue weighted by Gasteiger charge is 2.24. The molecule has 0 aliphatic rings. The van der Waals surface area contributed by atoms with Gasteiger partial charge in [-0.15, -0.1) is 0 Å². The summed E-state index contributed by atoms with van der Waals surface area (Å²) >= 11 is 0. The molecule has 3 rings (SSSR count). The van der Waals surface area contributed by atoms with E-state index in [9.17, 15) is 19.1 Å². The fourth-order valence-electron chi connectivity index (χ4n) is 2.50. The van der Waals surface area contributed by atoms with Gasteiger partial charge in [-0.1, -0.05) is 0 Å². The number of rotatable bonds is 5. The Morgan fingerprint density at radius 2 is 2.00 bits per heavy atom. The van der Waals surface area contributed by atoms with Crippen molar-refractivity contribution in [3.8, 4) is 11.3 Å². The molecule has 0 amide bonds. The molecule has 7 nitrogen and oxygen atoms in total. The third kappa shape index (κ3) is 3.30. The minimum atomic E-state index is -1.32. The van der Waals surface area contributed by atoms with Gasteiger partial charge in [0.1, 0.15) is 22.8 Å². The Balaban J connectivity index is 2.27. The highest BCUT2D eigenvalue weighted by atomic mass is 19.1. The van der Waals surface area contributed by atoms with Crippen LogP contribution in [-0.2, 0) is 6.54 Å². The largest absolute Gasteiger partial charge is 0.478 e. The number of carboxylic acid groups (broad SMARTS) is 1. The van der Waals surface area contributed by atoms with Crippen molar-refractivity contribution in [1.29, 1.82) is 0 Å². The lowest BCUT2D eigenvalue weighted by Crippen LogP contribution is -2.28. The second kappa shape index (κ2) is 7.14. The van der Waals surface area contributed by atoms with Crippen molar-refractivity contribution in [1.82, 2.24) is 14.8 Å². The molecule has 26 heavy (non-hydrogen) atoms. The zero-order valence-electron chi connectivity index (χ0n) is 13.8. The summed E-state index contributed by atoms with van der Waals surface area (Å²) in [5.41, 5.74) is -0.0481. The van der Waals surface area contributed by atoms with Gasteiger partial charge in [0.2, 0.25) is 0 Å². The predicted molar refractivity (Wildman–Crippen MR) is 94.0 cm³/mol. The molecular formula is C18H15FN4O3. The number of hydrogen-bond donors (Lipinski definition) is 2. The van der Waals surface area contributed by atoms with E-state index in [4.69, 9.17) is 0 Å². The van der Waals surface area contributed by atoms with Crippen LogP contribution in [0.2, 0.25) is 0 Å². The van der Waals surface area contributed by atoms with Crippen LogP contribution in [0.1, 0.15) is 17.3 Å². The highest BCUT2D eigenvalue weighted by molar-refractivity contribution is 6.01. The second-order valence-electron chi connectivity index (χ2n) is 5.40. The van der Waals surface area contributed by atoms with E-state index in [0.29, 0.717) is 11.3 Å². The molecule has 132 valence electrons. The van der Waals surface area contributed by atoms with E-state index in [1.807, 2.05) is 0 Å². The number of nitrogens with one attached hydrogen (secondary N) is 1. The molecule has 1 aromatic carbocycles. The van der Waals surface area contributed by atoms with Crippen LogP contribution in [0.25, 0.3) is 11.3 Å². The number of halogens is 1. The summed E-state index contributed by atoms with van der Waals surface area (Å²) in [5.74, 6) is -1.77. The van der Waals surface area contributed by atoms with Crippen LogP contribution in [0.3, 0.4) is 0 Å². The number of carboxylic acids is 1. The summed E-state index contributed by atoms with van der Waals surface area (Å²) in [5, 5.41) is 16.7. The van der Waals surface area contributed by atoms with Crippen LogP contribution in [0.5, 0.6) is 0 Å². The van der Waals surface area contributed by atoms with Gasteiger partial charge >= 0.3 is 5.97 Å². The number of pyridine rings is 1.